The van der Waals surface area contributed by atoms with E-state index in [-0.39, 0.29) is 26.1 Å². The number of rotatable bonds is 31. The van der Waals surface area contributed by atoms with Crippen molar-refractivity contribution < 1.29 is 37.6 Å². The van der Waals surface area contributed by atoms with Gasteiger partial charge in [-0.05, 0) is 77.6 Å². The number of hydrogen-bond acceptors (Lipinski definition) is 7. The Balaban J connectivity index is 4.28. The lowest BCUT2D eigenvalue weighted by Gasteiger charge is -2.19. The minimum atomic E-state index is -4.28. The molecule has 0 aromatic carbocycles. The monoisotopic (exact) mass is 666 g/mol. The Morgan fingerprint density at radius 3 is 1.70 bits per heavy atom. The molecule has 0 aromatic heterocycles. The van der Waals surface area contributed by atoms with Crippen LogP contribution in [0, 0.1) is 0 Å². The van der Waals surface area contributed by atoms with Crippen molar-refractivity contribution in [1.29, 1.82) is 0 Å². The number of ether oxygens (including phenoxy) is 2. The van der Waals surface area contributed by atoms with Crippen LogP contribution < -0.4 is 0 Å². The average Bonchev–Trinajstić information content (AvgIpc) is 3.03. The summed E-state index contributed by atoms with van der Waals surface area (Å²) < 4.78 is 32.4. The smallest absolute Gasteiger partial charge is 0.462 e. The Hall–Kier alpha value is -2.25. The first-order valence-electron chi connectivity index (χ1n) is 17.6. The second kappa shape index (κ2) is 32.7. The summed E-state index contributed by atoms with van der Waals surface area (Å²) in [4.78, 5) is 34.5. The van der Waals surface area contributed by atoms with Gasteiger partial charge in [-0.3, -0.25) is 18.6 Å². The van der Waals surface area contributed by atoms with Crippen molar-refractivity contribution in [3.63, 3.8) is 0 Å². The number of carbonyl (C=O) groups is 2. The molecule has 8 nitrogen and oxygen atoms in total. The SMILES string of the molecule is CC/C=C\C/C=C\C/C=C\CCCCCC(=O)OC(COC(=O)CCCCCCC/C=C\C/C=C\CCC)COP(=O)(O)OCC. The molecule has 0 aliphatic rings. The van der Waals surface area contributed by atoms with Crippen molar-refractivity contribution in [3.05, 3.63) is 60.8 Å². The summed E-state index contributed by atoms with van der Waals surface area (Å²) in [5, 5.41) is 0. The molecule has 0 spiro atoms. The van der Waals surface area contributed by atoms with Crippen LogP contribution in [0.1, 0.15) is 136 Å². The van der Waals surface area contributed by atoms with Crippen molar-refractivity contribution in [3.8, 4) is 0 Å². The van der Waals surface area contributed by atoms with E-state index in [9.17, 15) is 19.0 Å². The molecule has 0 radical (unpaired) electrons. The summed E-state index contributed by atoms with van der Waals surface area (Å²) in [6, 6.07) is 0. The van der Waals surface area contributed by atoms with Crippen molar-refractivity contribution in [2.45, 2.75) is 142 Å². The van der Waals surface area contributed by atoms with E-state index >= 15 is 0 Å². The maximum atomic E-state index is 12.4. The highest BCUT2D eigenvalue weighted by molar-refractivity contribution is 7.47. The van der Waals surface area contributed by atoms with Crippen LogP contribution in [0.15, 0.2) is 60.8 Å². The largest absolute Gasteiger partial charge is 0.472 e. The van der Waals surface area contributed by atoms with E-state index in [1.807, 2.05) is 0 Å². The number of phosphoric ester groups is 1. The Morgan fingerprint density at radius 1 is 0.609 bits per heavy atom. The van der Waals surface area contributed by atoms with Gasteiger partial charge >= 0.3 is 19.8 Å². The first-order valence-corrected chi connectivity index (χ1v) is 19.1. The van der Waals surface area contributed by atoms with Crippen LogP contribution in [0.4, 0.5) is 0 Å². The van der Waals surface area contributed by atoms with E-state index in [0.29, 0.717) is 6.42 Å². The molecule has 0 aliphatic carbocycles. The average molecular weight is 667 g/mol. The molecule has 0 heterocycles. The van der Waals surface area contributed by atoms with E-state index in [4.69, 9.17) is 18.5 Å². The fraction of sp³-hybridized carbons (Fsp3) is 0.676. The first kappa shape index (κ1) is 43.8. The van der Waals surface area contributed by atoms with Gasteiger partial charge in [0.05, 0.1) is 13.2 Å². The number of carbonyl (C=O) groups excluding carboxylic acids is 2. The van der Waals surface area contributed by atoms with Crippen LogP contribution in [-0.2, 0) is 32.7 Å². The van der Waals surface area contributed by atoms with Gasteiger partial charge in [-0.25, -0.2) is 4.57 Å². The van der Waals surface area contributed by atoms with Gasteiger partial charge in [0.25, 0.3) is 0 Å². The van der Waals surface area contributed by atoms with E-state index in [0.717, 1.165) is 89.9 Å². The van der Waals surface area contributed by atoms with E-state index < -0.39 is 32.5 Å². The fourth-order valence-electron chi connectivity index (χ4n) is 4.27. The third kappa shape index (κ3) is 31.7. The van der Waals surface area contributed by atoms with Gasteiger partial charge in [-0.15, -0.1) is 0 Å². The summed E-state index contributed by atoms with van der Waals surface area (Å²) in [7, 11) is -4.28. The van der Waals surface area contributed by atoms with Crippen LogP contribution >= 0.6 is 7.82 Å². The summed E-state index contributed by atoms with van der Waals surface area (Å²) in [6.07, 6.45) is 37.1. The topological polar surface area (TPSA) is 108 Å². The van der Waals surface area contributed by atoms with Crippen LogP contribution in [0.3, 0.4) is 0 Å². The Kier molecular flexibility index (Phi) is 31.1. The van der Waals surface area contributed by atoms with Gasteiger partial charge in [-0.2, -0.15) is 0 Å². The first-order chi connectivity index (χ1) is 22.3. The number of hydrogen-bond donors (Lipinski definition) is 1. The molecule has 0 rings (SSSR count). The van der Waals surface area contributed by atoms with Crippen LogP contribution in [0.2, 0.25) is 0 Å². The standard InChI is InChI=1S/C37H63O8P/c1-4-7-9-11-13-15-17-19-21-23-25-27-29-31-36(38)42-33-35(34-44-46(40,41)43-6-3)45-37(39)32-30-28-26-24-22-20-18-16-14-12-10-8-5-2/h8-11,14-17,20,22,35H,4-7,12-13,18-19,21,23-34H2,1-3H3,(H,40,41)/b10-8-,11-9-,16-14-,17-15-,22-20-. The zero-order chi connectivity index (χ0) is 34.0. The second-order valence-electron chi connectivity index (χ2n) is 11.1. The van der Waals surface area contributed by atoms with Crippen LogP contribution in [0.5, 0.6) is 0 Å². The molecule has 0 saturated heterocycles. The number of phosphoric acid groups is 1. The Morgan fingerprint density at radius 2 is 1.11 bits per heavy atom. The predicted molar refractivity (Wildman–Crippen MR) is 188 cm³/mol. The van der Waals surface area contributed by atoms with Crippen molar-refractivity contribution in [1.82, 2.24) is 0 Å². The van der Waals surface area contributed by atoms with E-state index in [2.05, 4.69) is 74.6 Å². The normalized spacial score (nSPS) is 14.3. The lowest BCUT2D eigenvalue weighted by molar-refractivity contribution is -0.161. The Labute approximate surface area is 280 Å². The van der Waals surface area contributed by atoms with Gasteiger partial charge in [0.1, 0.15) is 6.61 Å². The zero-order valence-electron chi connectivity index (χ0n) is 29.0. The lowest BCUT2D eigenvalue weighted by atomic mass is 10.1. The molecule has 46 heavy (non-hydrogen) atoms. The molecule has 0 aromatic rings. The molecule has 0 saturated carbocycles. The number of unbranched alkanes of at least 4 members (excludes halogenated alkanes) is 9. The molecule has 0 bridgehead atoms. The number of esters is 2. The minimum Gasteiger partial charge on any atom is -0.462 e. The highest BCUT2D eigenvalue weighted by Crippen LogP contribution is 2.43. The third-order valence-corrected chi connectivity index (χ3v) is 7.85. The van der Waals surface area contributed by atoms with Gasteiger partial charge in [0.15, 0.2) is 6.10 Å². The maximum absolute atomic E-state index is 12.4. The molecular formula is C37H63O8P. The molecule has 2 atom stereocenters. The summed E-state index contributed by atoms with van der Waals surface area (Å²) in [5.74, 6) is -0.858. The molecule has 264 valence electrons. The minimum absolute atomic E-state index is 0.0107. The number of allylic oxidation sites excluding steroid dienone is 10. The van der Waals surface area contributed by atoms with Gasteiger partial charge in [-0.1, -0.05) is 107 Å². The maximum Gasteiger partial charge on any atom is 0.472 e. The van der Waals surface area contributed by atoms with E-state index in [1.165, 1.54) is 6.42 Å². The van der Waals surface area contributed by atoms with Gasteiger partial charge < -0.3 is 14.4 Å². The fourth-order valence-corrected chi connectivity index (χ4v) is 5.02. The highest BCUT2D eigenvalue weighted by atomic mass is 31.2. The lowest BCUT2D eigenvalue weighted by Crippen LogP contribution is -2.29. The molecule has 9 heteroatoms. The van der Waals surface area contributed by atoms with E-state index in [1.54, 1.807) is 6.92 Å². The highest BCUT2D eigenvalue weighted by Gasteiger charge is 2.25. The summed E-state index contributed by atoms with van der Waals surface area (Å²) in [5.41, 5.74) is 0. The molecule has 2 unspecified atom stereocenters. The van der Waals surface area contributed by atoms with Gasteiger partial charge in [0.2, 0.25) is 0 Å². The third-order valence-electron chi connectivity index (χ3n) is 6.79. The zero-order valence-corrected chi connectivity index (χ0v) is 29.8. The predicted octanol–water partition coefficient (Wildman–Crippen LogP) is 10.4. The van der Waals surface area contributed by atoms with Crippen LogP contribution in [-0.4, -0.2) is 42.8 Å². The molecule has 0 aliphatic heterocycles. The molecule has 0 amide bonds. The van der Waals surface area contributed by atoms with Gasteiger partial charge in [0, 0.05) is 12.8 Å². The summed E-state index contributed by atoms with van der Waals surface area (Å²) >= 11 is 0. The van der Waals surface area contributed by atoms with Crippen molar-refractivity contribution in [2.24, 2.45) is 0 Å². The molecule has 1 N–H and O–H groups in total. The quantitative estimate of drug-likeness (QED) is 0.0337. The summed E-state index contributed by atoms with van der Waals surface area (Å²) in [6.45, 7) is 5.20. The Bertz CT molecular complexity index is 938. The van der Waals surface area contributed by atoms with Crippen LogP contribution in [0.25, 0.3) is 0 Å². The molecular weight excluding hydrogens is 603 g/mol. The van der Waals surface area contributed by atoms with Crippen molar-refractivity contribution in [2.75, 3.05) is 19.8 Å². The molecule has 0 fully saturated rings. The van der Waals surface area contributed by atoms with Crippen molar-refractivity contribution >= 4 is 19.8 Å². The second-order valence-corrected chi connectivity index (χ2v) is 12.6.